The number of para-hydroxylation sites is 1. The van der Waals surface area contributed by atoms with Gasteiger partial charge in [0.05, 0.1) is 5.36 Å². The second-order valence-electron chi connectivity index (χ2n) is 7.52. The number of hydrazone groups is 1. The molecular formula is C26H22N4O2S. The normalized spacial score (nSPS) is 16.7. The smallest absolute Gasteiger partial charge is 0.276 e. The first kappa shape index (κ1) is 21.0. The molecule has 0 aromatic heterocycles. The number of nitrogens with one attached hydrogen (secondary N) is 1. The molecule has 5 rings (SSSR count). The van der Waals surface area contributed by atoms with Gasteiger partial charge < -0.3 is 4.74 Å². The summed E-state index contributed by atoms with van der Waals surface area (Å²) in [6, 6.07) is 25.5. The summed E-state index contributed by atoms with van der Waals surface area (Å²) in [5, 5.41) is 11.4. The number of fused-ring (bicyclic) bond motifs is 2. The molecule has 3 aromatic rings. The molecule has 0 spiro atoms. The third-order valence-corrected chi connectivity index (χ3v) is 6.12. The summed E-state index contributed by atoms with van der Waals surface area (Å²) >= 11 is 1.42. The SMILES string of the molecule is C=CCSC1=NN2C(=c3ccccc3=N[C@H]2c2cccc(OCc3ccccc3)c2)C(=O)N1. The van der Waals surface area contributed by atoms with E-state index in [0.29, 0.717) is 23.2 Å². The van der Waals surface area contributed by atoms with E-state index in [1.165, 1.54) is 11.8 Å². The monoisotopic (exact) mass is 454 g/mol. The Morgan fingerprint density at radius 1 is 1.06 bits per heavy atom. The Morgan fingerprint density at radius 3 is 2.73 bits per heavy atom. The van der Waals surface area contributed by atoms with Gasteiger partial charge in [-0.1, -0.05) is 78.5 Å². The van der Waals surface area contributed by atoms with E-state index in [9.17, 15) is 4.79 Å². The lowest BCUT2D eigenvalue weighted by atomic mass is 10.1. The minimum absolute atomic E-state index is 0.194. The highest BCUT2D eigenvalue weighted by Crippen LogP contribution is 2.32. The van der Waals surface area contributed by atoms with Gasteiger partial charge in [0.1, 0.15) is 18.1 Å². The van der Waals surface area contributed by atoms with Crippen molar-refractivity contribution in [2.75, 3.05) is 5.75 Å². The highest BCUT2D eigenvalue weighted by molar-refractivity contribution is 8.14. The summed E-state index contributed by atoms with van der Waals surface area (Å²) < 4.78 is 6.03. The van der Waals surface area contributed by atoms with Crippen molar-refractivity contribution in [2.24, 2.45) is 10.1 Å². The van der Waals surface area contributed by atoms with Crippen LogP contribution in [0.15, 0.2) is 102 Å². The lowest BCUT2D eigenvalue weighted by Gasteiger charge is -2.34. The van der Waals surface area contributed by atoms with Gasteiger partial charge in [0, 0.05) is 16.5 Å². The first-order valence-corrected chi connectivity index (χ1v) is 11.6. The van der Waals surface area contributed by atoms with Crippen LogP contribution in [0, 0.1) is 0 Å². The van der Waals surface area contributed by atoms with Gasteiger partial charge in [-0.25, -0.2) is 5.01 Å². The molecule has 7 heteroatoms. The van der Waals surface area contributed by atoms with Crippen LogP contribution in [0.2, 0.25) is 0 Å². The van der Waals surface area contributed by atoms with Gasteiger partial charge in [0.15, 0.2) is 11.3 Å². The zero-order chi connectivity index (χ0) is 22.6. The summed E-state index contributed by atoms with van der Waals surface area (Å²) in [4.78, 5) is 18.0. The van der Waals surface area contributed by atoms with Crippen molar-refractivity contribution < 1.29 is 9.53 Å². The second kappa shape index (κ2) is 9.34. The minimum atomic E-state index is -0.486. The van der Waals surface area contributed by atoms with Crippen LogP contribution < -0.4 is 20.6 Å². The summed E-state index contributed by atoms with van der Waals surface area (Å²) in [6.45, 7) is 4.22. The van der Waals surface area contributed by atoms with E-state index in [1.807, 2.05) is 78.9 Å². The Bertz CT molecular complexity index is 1350. The number of amides is 1. The quantitative estimate of drug-likeness (QED) is 0.581. The number of carbonyl (C=O) groups excluding carboxylic acids is 1. The highest BCUT2D eigenvalue weighted by atomic mass is 32.2. The molecule has 2 heterocycles. The molecule has 3 aromatic carbocycles. The standard InChI is InChI=1S/C26H22N4O2S/c1-2-15-33-26-28-25(31)23-21-13-6-7-14-22(21)27-24(30(23)29-26)19-11-8-12-20(16-19)32-17-18-9-4-3-5-10-18/h2-14,16,24H,1,15,17H2,(H,28,29,31)/t24-/m1/s1. The molecular weight excluding hydrogens is 432 g/mol. The molecule has 0 bridgehead atoms. The predicted octanol–water partition coefficient (Wildman–Crippen LogP) is 3.33. The van der Waals surface area contributed by atoms with Gasteiger partial charge >= 0.3 is 0 Å². The highest BCUT2D eigenvalue weighted by Gasteiger charge is 2.34. The maximum absolute atomic E-state index is 13.1. The zero-order valence-corrected chi connectivity index (χ0v) is 18.7. The number of thioether (sulfide) groups is 1. The molecule has 0 unspecified atom stereocenters. The van der Waals surface area contributed by atoms with Gasteiger partial charge in [-0.05, 0) is 23.8 Å². The molecule has 164 valence electrons. The first-order valence-electron chi connectivity index (χ1n) is 10.6. The molecule has 1 atom stereocenters. The lowest BCUT2D eigenvalue weighted by Crippen LogP contribution is -2.50. The van der Waals surface area contributed by atoms with Crippen molar-refractivity contribution in [1.82, 2.24) is 10.3 Å². The number of hydrogen-bond donors (Lipinski definition) is 1. The molecule has 0 radical (unpaired) electrons. The topological polar surface area (TPSA) is 66.3 Å². The van der Waals surface area contributed by atoms with Crippen LogP contribution >= 0.6 is 11.8 Å². The molecule has 0 fully saturated rings. The molecule has 6 nitrogen and oxygen atoms in total. The van der Waals surface area contributed by atoms with E-state index < -0.39 is 6.17 Å². The van der Waals surface area contributed by atoms with Crippen molar-refractivity contribution in [1.29, 1.82) is 0 Å². The first-order chi connectivity index (χ1) is 16.2. The zero-order valence-electron chi connectivity index (χ0n) is 17.8. The molecule has 2 aliphatic rings. The summed E-state index contributed by atoms with van der Waals surface area (Å²) in [5.74, 6) is 1.18. The van der Waals surface area contributed by atoms with Gasteiger partial charge in [-0.3, -0.25) is 15.1 Å². The van der Waals surface area contributed by atoms with Crippen molar-refractivity contribution in [3.05, 3.63) is 113 Å². The number of nitrogens with zero attached hydrogens (tertiary/aromatic N) is 3. The van der Waals surface area contributed by atoms with Crippen molar-refractivity contribution in [2.45, 2.75) is 12.8 Å². The van der Waals surface area contributed by atoms with Gasteiger partial charge in [0.25, 0.3) is 5.91 Å². The van der Waals surface area contributed by atoms with E-state index in [0.717, 1.165) is 27.5 Å². The Morgan fingerprint density at radius 2 is 1.88 bits per heavy atom. The fourth-order valence-electron chi connectivity index (χ4n) is 3.75. The van der Waals surface area contributed by atoms with E-state index >= 15 is 0 Å². The van der Waals surface area contributed by atoms with Crippen molar-refractivity contribution >= 4 is 28.5 Å². The fourth-order valence-corrected chi connectivity index (χ4v) is 4.34. The van der Waals surface area contributed by atoms with Crippen LogP contribution in [0.4, 0.5) is 0 Å². The molecule has 1 amide bonds. The van der Waals surface area contributed by atoms with Gasteiger partial charge in [-0.2, -0.15) is 0 Å². The van der Waals surface area contributed by atoms with Gasteiger partial charge in [-0.15, -0.1) is 11.7 Å². The maximum atomic E-state index is 13.1. The largest absolute Gasteiger partial charge is 0.489 e. The minimum Gasteiger partial charge on any atom is -0.489 e. The van der Waals surface area contributed by atoms with E-state index in [2.05, 4.69) is 11.9 Å². The summed E-state index contributed by atoms with van der Waals surface area (Å²) in [7, 11) is 0. The molecule has 0 saturated heterocycles. The van der Waals surface area contributed by atoms with Crippen LogP contribution in [-0.2, 0) is 11.4 Å². The lowest BCUT2D eigenvalue weighted by molar-refractivity contribution is -0.116. The maximum Gasteiger partial charge on any atom is 0.276 e. The summed E-state index contributed by atoms with van der Waals surface area (Å²) in [6.07, 6.45) is 1.29. The molecule has 33 heavy (non-hydrogen) atoms. The molecule has 0 saturated carbocycles. The van der Waals surface area contributed by atoms with E-state index in [4.69, 9.17) is 14.8 Å². The Kier molecular flexibility index (Phi) is 5.95. The Hall–Kier alpha value is -3.84. The van der Waals surface area contributed by atoms with Crippen LogP contribution in [-0.4, -0.2) is 21.8 Å². The van der Waals surface area contributed by atoms with Crippen LogP contribution in [0.3, 0.4) is 0 Å². The van der Waals surface area contributed by atoms with Crippen LogP contribution in [0.5, 0.6) is 5.75 Å². The fraction of sp³-hybridized carbons (Fsp3) is 0.115. The second-order valence-corrected chi connectivity index (χ2v) is 8.53. The van der Waals surface area contributed by atoms with Crippen molar-refractivity contribution in [3.8, 4) is 5.75 Å². The van der Waals surface area contributed by atoms with Gasteiger partial charge in [0.2, 0.25) is 0 Å². The number of rotatable bonds is 6. The van der Waals surface area contributed by atoms with Crippen LogP contribution in [0.1, 0.15) is 17.3 Å². The third-order valence-electron chi connectivity index (χ3n) is 5.26. The molecule has 2 aliphatic heterocycles. The Balaban J connectivity index is 1.53. The third kappa shape index (κ3) is 4.40. The average molecular weight is 455 g/mol. The Labute approximate surface area is 196 Å². The predicted molar refractivity (Wildman–Crippen MR) is 131 cm³/mol. The number of hydrogen-bond acceptors (Lipinski definition) is 6. The summed E-state index contributed by atoms with van der Waals surface area (Å²) in [5.41, 5.74) is 2.47. The van der Waals surface area contributed by atoms with Crippen LogP contribution in [0.25, 0.3) is 5.70 Å². The number of amidine groups is 1. The molecule has 1 N–H and O–H groups in total. The average Bonchev–Trinajstić information content (AvgIpc) is 2.86. The number of benzene rings is 3. The number of ether oxygens (including phenoxy) is 1. The van der Waals surface area contributed by atoms with E-state index in [1.54, 1.807) is 11.1 Å². The molecule has 0 aliphatic carbocycles. The van der Waals surface area contributed by atoms with Crippen molar-refractivity contribution in [3.63, 3.8) is 0 Å². The van der Waals surface area contributed by atoms with E-state index in [-0.39, 0.29) is 5.91 Å². The number of carbonyl (C=O) groups is 1.